The van der Waals surface area contributed by atoms with Crippen LogP contribution in [0.5, 0.6) is 0 Å². The zero-order valence-electron chi connectivity index (χ0n) is 15.9. The lowest BCUT2D eigenvalue weighted by Crippen LogP contribution is -2.52. The summed E-state index contributed by atoms with van der Waals surface area (Å²) in [5.41, 5.74) is 1.22. The van der Waals surface area contributed by atoms with Crippen molar-refractivity contribution in [2.45, 2.75) is 51.6 Å². The van der Waals surface area contributed by atoms with Gasteiger partial charge in [-0.05, 0) is 49.1 Å². The van der Waals surface area contributed by atoms with Crippen molar-refractivity contribution in [3.63, 3.8) is 0 Å². The predicted molar refractivity (Wildman–Crippen MR) is 106 cm³/mol. The van der Waals surface area contributed by atoms with E-state index in [0.29, 0.717) is 12.3 Å². The SMILES string of the molecule is CC1CCC(N2CCN(C(=O)CCn3ccc4ccccc43)CC2)CC1. The lowest BCUT2D eigenvalue weighted by Gasteiger charge is -2.41. The first kappa shape index (κ1) is 17.6. The first-order valence-electron chi connectivity index (χ1n) is 10.3. The summed E-state index contributed by atoms with van der Waals surface area (Å²) in [4.78, 5) is 17.4. The third kappa shape index (κ3) is 3.80. The maximum Gasteiger partial charge on any atom is 0.224 e. The number of hydrogen-bond donors (Lipinski definition) is 0. The quantitative estimate of drug-likeness (QED) is 0.837. The lowest BCUT2D eigenvalue weighted by atomic mass is 9.86. The fraction of sp³-hybridized carbons (Fsp3) is 0.591. The number of aromatic nitrogens is 1. The first-order valence-corrected chi connectivity index (χ1v) is 10.3. The molecule has 2 aromatic rings. The van der Waals surface area contributed by atoms with E-state index in [2.05, 4.69) is 57.8 Å². The first-order chi connectivity index (χ1) is 12.7. The molecule has 1 aromatic carbocycles. The number of nitrogens with zero attached hydrogens (tertiary/aromatic N) is 3. The lowest BCUT2D eigenvalue weighted by molar-refractivity contribution is -0.133. The molecule has 1 saturated heterocycles. The van der Waals surface area contributed by atoms with Gasteiger partial charge in [-0.15, -0.1) is 0 Å². The average molecular weight is 354 g/mol. The predicted octanol–water partition coefficient (Wildman–Crippen LogP) is 3.75. The van der Waals surface area contributed by atoms with Gasteiger partial charge in [-0.2, -0.15) is 0 Å². The van der Waals surface area contributed by atoms with Crippen molar-refractivity contribution in [2.75, 3.05) is 26.2 Å². The number of carbonyl (C=O) groups is 1. The molecule has 0 unspecified atom stereocenters. The Hall–Kier alpha value is -1.81. The molecule has 4 nitrogen and oxygen atoms in total. The van der Waals surface area contributed by atoms with Crippen molar-refractivity contribution in [3.05, 3.63) is 36.5 Å². The number of piperazine rings is 1. The van der Waals surface area contributed by atoms with Gasteiger partial charge in [0.15, 0.2) is 0 Å². The van der Waals surface area contributed by atoms with Gasteiger partial charge in [-0.3, -0.25) is 9.69 Å². The monoisotopic (exact) mass is 353 g/mol. The second-order valence-corrected chi connectivity index (χ2v) is 8.15. The van der Waals surface area contributed by atoms with Gasteiger partial charge in [0.1, 0.15) is 0 Å². The van der Waals surface area contributed by atoms with Gasteiger partial charge in [0.05, 0.1) is 0 Å². The summed E-state index contributed by atoms with van der Waals surface area (Å²) in [5.74, 6) is 1.21. The van der Waals surface area contributed by atoms with Gasteiger partial charge in [0.25, 0.3) is 0 Å². The molecule has 0 bridgehead atoms. The minimum Gasteiger partial charge on any atom is -0.347 e. The van der Waals surface area contributed by atoms with Crippen LogP contribution in [0.2, 0.25) is 0 Å². The summed E-state index contributed by atoms with van der Waals surface area (Å²) >= 11 is 0. The Morgan fingerprint density at radius 2 is 1.73 bits per heavy atom. The van der Waals surface area contributed by atoms with E-state index >= 15 is 0 Å². The molecule has 1 aromatic heterocycles. The minimum absolute atomic E-state index is 0.305. The van der Waals surface area contributed by atoms with Crippen molar-refractivity contribution in [1.29, 1.82) is 0 Å². The van der Waals surface area contributed by atoms with Crippen molar-refractivity contribution in [2.24, 2.45) is 5.92 Å². The molecule has 0 radical (unpaired) electrons. The zero-order chi connectivity index (χ0) is 17.9. The van der Waals surface area contributed by atoms with E-state index in [1.165, 1.54) is 36.6 Å². The van der Waals surface area contributed by atoms with Crippen LogP contribution in [0.3, 0.4) is 0 Å². The van der Waals surface area contributed by atoms with Crippen LogP contribution in [0.4, 0.5) is 0 Å². The summed E-state index contributed by atoms with van der Waals surface area (Å²) in [7, 11) is 0. The standard InChI is InChI=1S/C22H31N3O/c1-18-6-8-20(9-7-18)23-14-16-25(17-15-23)22(26)11-13-24-12-10-19-4-2-3-5-21(19)24/h2-5,10,12,18,20H,6-9,11,13-17H2,1H3. The van der Waals surface area contributed by atoms with E-state index in [-0.39, 0.29) is 0 Å². The van der Waals surface area contributed by atoms with Crippen LogP contribution in [-0.4, -0.2) is 52.5 Å². The summed E-state index contributed by atoms with van der Waals surface area (Å²) in [5, 5.41) is 1.25. The van der Waals surface area contributed by atoms with E-state index in [9.17, 15) is 4.79 Å². The maximum absolute atomic E-state index is 12.6. The number of hydrogen-bond acceptors (Lipinski definition) is 2. The topological polar surface area (TPSA) is 28.5 Å². The Balaban J connectivity index is 1.26. The molecule has 0 N–H and O–H groups in total. The normalized spacial score (nSPS) is 24.9. The van der Waals surface area contributed by atoms with Gasteiger partial charge in [0.2, 0.25) is 5.91 Å². The molecule has 0 atom stereocenters. The molecular formula is C22H31N3O. The van der Waals surface area contributed by atoms with Crippen molar-refractivity contribution >= 4 is 16.8 Å². The summed E-state index contributed by atoms with van der Waals surface area (Å²) in [6.07, 6.45) is 8.12. The van der Waals surface area contributed by atoms with Gasteiger partial charge in [-0.1, -0.05) is 25.1 Å². The van der Waals surface area contributed by atoms with Crippen LogP contribution in [0, 0.1) is 5.92 Å². The smallest absolute Gasteiger partial charge is 0.224 e. The van der Waals surface area contributed by atoms with Crippen LogP contribution in [0.25, 0.3) is 10.9 Å². The van der Waals surface area contributed by atoms with E-state index in [4.69, 9.17) is 0 Å². The second kappa shape index (κ2) is 7.83. The number of benzene rings is 1. The Labute approximate surface area is 156 Å². The van der Waals surface area contributed by atoms with Gasteiger partial charge in [0, 0.05) is 56.9 Å². The maximum atomic E-state index is 12.6. The highest BCUT2D eigenvalue weighted by Gasteiger charge is 2.28. The Morgan fingerprint density at radius 3 is 2.50 bits per heavy atom. The molecule has 1 saturated carbocycles. The minimum atomic E-state index is 0.305. The molecule has 4 heteroatoms. The molecule has 4 rings (SSSR count). The fourth-order valence-electron chi connectivity index (χ4n) is 4.65. The third-order valence-corrected chi connectivity index (χ3v) is 6.42. The van der Waals surface area contributed by atoms with Crippen molar-refractivity contribution in [1.82, 2.24) is 14.4 Å². The molecule has 0 spiro atoms. The zero-order valence-corrected chi connectivity index (χ0v) is 15.9. The number of fused-ring (bicyclic) bond motifs is 1. The Bertz CT molecular complexity index is 737. The van der Waals surface area contributed by atoms with E-state index < -0.39 is 0 Å². The molecule has 2 fully saturated rings. The molecule has 1 amide bonds. The van der Waals surface area contributed by atoms with Crippen LogP contribution in [-0.2, 0) is 11.3 Å². The van der Waals surface area contributed by atoms with Crippen LogP contribution >= 0.6 is 0 Å². The van der Waals surface area contributed by atoms with Crippen LogP contribution < -0.4 is 0 Å². The van der Waals surface area contributed by atoms with Crippen molar-refractivity contribution < 1.29 is 4.79 Å². The molecule has 26 heavy (non-hydrogen) atoms. The van der Waals surface area contributed by atoms with Crippen LogP contribution in [0.1, 0.15) is 39.0 Å². The van der Waals surface area contributed by atoms with Crippen LogP contribution in [0.15, 0.2) is 36.5 Å². The Morgan fingerprint density at radius 1 is 1.00 bits per heavy atom. The highest BCUT2D eigenvalue weighted by atomic mass is 16.2. The summed E-state index contributed by atoms with van der Waals surface area (Å²) in [6.45, 7) is 7.05. The number of carbonyl (C=O) groups excluding carboxylic acids is 1. The number of amides is 1. The highest BCUT2D eigenvalue weighted by Crippen LogP contribution is 2.27. The average Bonchev–Trinajstić information content (AvgIpc) is 3.10. The molecule has 1 aliphatic heterocycles. The Kier molecular flexibility index (Phi) is 5.30. The molecule has 2 aliphatic rings. The second-order valence-electron chi connectivity index (χ2n) is 8.15. The van der Waals surface area contributed by atoms with Gasteiger partial charge >= 0.3 is 0 Å². The summed E-state index contributed by atoms with van der Waals surface area (Å²) in [6, 6.07) is 11.3. The van der Waals surface area contributed by atoms with E-state index in [1.54, 1.807) is 0 Å². The number of para-hydroxylation sites is 1. The van der Waals surface area contributed by atoms with E-state index in [0.717, 1.165) is 44.7 Å². The van der Waals surface area contributed by atoms with Gasteiger partial charge in [-0.25, -0.2) is 0 Å². The molecule has 1 aliphatic carbocycles. The third-order valence-electron chi connectivity index (χ3n) is 6.42. The highest BCUT2D eigenvalue weighted by molar-refractivity contribution is 5.80. The molecule has 2 heterocycles. The molecule has 140 valence electrons. The van der Waals surface area contributed by atoms with E-state index in [1.807, 2.05) is 0 Å². The summed E-state index contributed by atoms with van der Waals surface area (Å²) < 4.78 is 2.20. The van der Waals surface area contributed by atoms with Crippen molar-refractivity contribution in [3.8, 4) is 0 Å². The largest absolute Gasteiger partial charge is 0.347 e. The molecular weight excluding hydrogens is 322 g/mol. The van der Waals surface area contributed by atoms with Gasteiger partial charge < -0.3 is 9.47 Å². The number of aryl methyl sites for hydroxylation is 1. The fourth-order valence-corrected chi connectivity index (χ4v) is 4.65. The number of rotatable bonds is 4.